The van der Waals surface area contributed by atoms with Crippen molar-refractivity contribution in [3.63, 3.8) is 0 Å². The highest BCUT2D eigenvalue weighted by Crippen LogP contribution is 2.34. The summed E-state index contributed by atoms with van der Waals surface area (Å²) in [5, 5.41) is 3.38. The van der Waals surface area contributed by atoms with Gasteiger partial charge in [0.25, 0.3) is 0 Å². The molecule has 2 heteroatoms. The Labute approximate surface area is 82.0 Å². The summed E-state index contributed by atoms with van der Waals surface area (Å²) >= 11 is 0. The number of nitrogens with one attached hydrogen (secondary N) is 1. The van der Waals surface area contributed by atoms with Gasteiger partial charge in [-0.1, -0.05) is 19.8 Å². The Kier molecular flexibility index (Phi) is 4.74. The van der Waals surface area contributed by atoms with E-state index in [1.807, 2.05) is 0 Å². The van der Waals surface area contributed by atoms with Gasteiger partial charge in [0.05, 0.1) is 6.10 Å². The van der Waals surface area contributed by atoms with Gasteiger partial charge in [0.2, 0.25) is 0 Å². The van der Waals surface area contributed by atoms with Crippen molar-refractivity contribution >= 4 is 0 Å². The summed E-state index contributed by atoms with van der Waals surface area (Å²) in [6, 6.07) is 0.567. The standard InChI is InChI=1S/C11H23NO/c1-4-11(13-5-2)10(12-3)8-9-6-7-9/h9-12H,4-8H2,1-3H3. The Morgan fingerprint density at radius 2 is 2.08 bits per heavy atom. The molecule has 0 heterocycles. The minimum atomic E-state index is 0.413. The summed E-state index contributed by atoms with van der Waals surface area (Å²) < 4.78 is 5.71. The fourth-order valence-electron chi connectivity index (χ4n) is 1.90. The monoisotopic (exact) mass is 185 g/mol. The highest BCUT2D eigenvalue weighted by atomic mass is 16.5. The van der Waals surface area contributed by atoms with Gasteiger partial charge in [0.1, 0.15) is 0 Å². The first-order valence-corrected chi connectivity index (χ1v) is 5.60. The summed E-state index contributed by atoms with van der Waals surface area (Å²) in [6.07, 6.45) is 5.69. The summed E-state index contributed by atoms with van der Waals surface area (Å²) in [7, 11) is 2.05. The van der Waals surface area contributed by atoms with Gasteiger partial charge in [-0.2, -0.15) is 0 Å². The van der Waals surface area contributed by atoms with Gasteiger partial charge < -0.3 is 10.1 Å². The Morgan fingerprint density at radius 3 is 2.46 bits per heavy atom. The van der Waals surface area contributed by atoms with Crippen molar-refractivity contribution in [1.29, 1.82) is 0 Å². The maximum absolute atomic E-state index is 5.71. The molecule has 1 rings (SSSR count). The summed E-state index contributed by atoms with van der Waals surface area (Å²) in [6.45, 7) is 5.12. The Hall–Kier alpha value is -0.0800. The van der Waals surface area contributed by atoms with E-state index in [1.165, 1.54) is 19.3 Å². The van der Waals surface area contributed by atoms with Crippen LogP contribution in [0.1, 0.15) is 39.5 Å². The number of ether oxygens (including phenoxy) is 1. The highest BCUT2D eigenvalue weighted by molar-refractivity contribution is 4.83. The van der Waals surface area contributed by atoms with Gasteiger partial charge in [-0.05, 0) is 32.7 Å². The van der Waals surface area contributed by atoms with Crippen LogP contribution >= 0.6 is 0 Å². The first-order valence-electron chi connectivity index (χ1n) is 5.60. The minimum Gasteiger partial charge on any atom is -0.377 e. The number of hydrogen-bond acceptors (Lipinski definition) is 2. The Bertz CT molecular complexity index is 134. The van der Waals surface area contributed by atoms with Crippen LogP contribution in [0.2, 0.25) is 0 Å². The van der Waals surface area contributed by atoms with Crippen molar-refractivity contribution in [3.8, 4) is 0 Å². The second-order valence-corrected chi connectivity index (χ2v) is 3.98. The molecule has 78 valence electrons. The van der Waals surface area contributed by atoms with Crippen molar-refractivity contribution in [2.75, 3.05) is 13.7 Å². The average Bonchev–Trinajstić information content (AvgIpc) is 2.94. The van der Waals surface area contributed by atoms with Gasteiger partial charge in [-0.3, -0.25) is 0 Å². The SMILES string of the molecule is CCOC(CC)C(CC1CC1)NC. The molecule has 1 N–H and O–H groups in total. The van der Waals surface area contributed by atoms with E-state index in [1.54, 1.807) is 0 Å². The molecular weight excluding hydrogens is 162 g/mol. The second-order valence-electron chi connectivity index (χ2n) is 3.98. The van der Waals surface area contributed by atoms with Crippen molar-refractivity contribution in [2.24, 2.45) is 5.92 Å². The Morgan fingerprint density at radius 1 is 1.38 bits per heavy atom. The number of hydrogen-bond donors (Lipinski definition) is 1. The number of likely N-dealkylation sites (N-methyl/N-ethyl adjacent to an activating group) is 1. The molecule has 13 heavy (non-hydrogen) atoms. The molecule has 0 radical (unpaired) electrons. The van der Waals surface area contributed by atoms with Crippen LogP contribution in [0.3, 0.4) is 0 Å². The molecule has 0 aliphatic heterocycles. The summed E-state index contributed by atoms with van der Waals surface area (Å²) in [5.41, 5.74) is 0. The van der Waals surface area contributed by atoms with Gasteiger partial charge in [0, 0.05) is 12.6 Å². The topological polar surface area (TPSA) is 21.3 Å². The van der Waals surface area contributed by atoms with Gasteiger partial charge in [-0.15, -0.1) is 0 Å². The number of rotatable bonds is 7. The first-order chi connectivity index (χ1) is 6.31. The summed E-state index contributed by atoms with van der Waals surface area (Å²) in [4.78, 5) is 0. The smallest absolute Gasteiger partial charge is 0.0725 e. The molecule has 0 amide bonds. The molecule has 0 saturated heterocycles. The van der Waals surface area contributed by atoms with Crippen LogP contribution in [0.25, 0.3) is 0 Å². The van der Waals surface area contributed by atoms with Crippen LogP contribution in [0, 0.1) is 5.92 Å². The molecule has 2 nitrogen and oxygen atoms in total. The van der Waals surface area contributed by atoms with Crippen molar-refractivity contribution in [3.05, 3.63) is 0 Å². The molecule has 0 aromatic rings. The molecule has 2 unspecified atom stereocenters. The van der Waals surface area contributed by atoms with Crippen LogP contribution < -0.4 is 5.32 Å². The van der Waals surface area contributed by atoms with E-state index in [2.05, 4.69) is 26.2 Å². The van der Waals surface area contributed by atoms with Crippen LogP contribution in [-0.4, -0.2) is 25.8 Å². The third kappa shape index (κ3) is 3.65. The Balaban J connectivity index is 2.30. The maximum Gasteiger partial charge on any atom is 0.0725 e. The lowest BCUT2D eigenvalue weighted by atomic mass is 10.0. The van der Waals surface area contributed by atoms with Crippen molar-refractivity contribution in [1.82, 2.24) is 5.32 Å². The molecule has 0 aromatic carbocycles. The maximum atomic E-state index is 5.71. The third-order valence-electron chi connectivity index (χ3n) is 2.89. The second kappa shape index (κ2) is 5.61. The zero-order chi connectivity index (χ0) is 9.68. The van der Waals surface area contributed by atoms with Gasteiger partial charge in [0.15, 0.2) is 0 Å². The van der Waals surface area contributed by atoms with Crippen molar-refractivity contribution < 1.29 is 4.74 Å². The van der Waals surface area contributed by atoms with Crippen LogP contribution in [0.4, 0.5) is 0 Å². The van der Waals surface area contributed by atoms with Crippen LogP contribution in [0.5, 0.6) is 0 Å². The van der Waals surface area contributed by atoms with E-state index in [0.29, 0.717) is 12.1 Å². The van der Waals surface area contributed by atoms with E-state index in [4.69, 9.17) is 4.74 Å². The van der Waals surface area contributed by atoms with Crippen molar-refractivity contribution in [2.45, 2.75) is 51.7 Å². The van der Waals surface area contributed by atoms with E-state index >= 15 is 0 Å². The fourth-order valence-corrected chi connectivity index (χ4v) is 1.90. The fraction of sp³-hybridized carbons (Fsp3) is 1.00. The van der Waals surface area contributed by atoms with E-state index in [0.717, 1.165) is 18.9 Å². The molecule has 1 saturated carbocycles. The lowest BCUT2D eigenvalue weighted by molar-refractivity contribution is 0.0302. The van der Waals surface area contributed by atoms with Crippen LogP contribution in [0.15, 0.2) is 0 Å². The molecule has 2 atom stereocenters. The lowest BCUT2D eigenvalue weighted by Crippen LogP contribution is -2.39. The molecule has 1 aliphatic carbocycles. The predicted molar refractivity (Wildman–Crippen MR) is 55.9 cm³/mol. The molecular formula is C11H23NO. The quantitative estimate of drug-likeness (QED) is 0.656. The van der Waals surface area contributed by atoms with E-state index < -0.39 is 0 Å². The normalized spacial score (nSPS) is 21.5. The van der Waals surface area contributed by atoms with E-state index in [-0.39, 0.29) is 0 Å². The minimum absolute atomic E-state index is 0.413. The largest absolute Gasteiger partial charge is 0.377 e. The molecule has 1 aliphatic rings. The van der Waals surface area contributed by atoms with Gasteiger partial charge >= 0.3 is 0 Å². The van der Waals surface area contributed by atoms with Gasteiger partial charge in [-0.25, -0.2) is 0 Å². The average molecular weight is 185 g/mol. The first kappa shape index (κ1) is 11.0. The molecule has 0 aromatic heterocycles. The molecule has 1 fully saturated rings. The molecule has 0 spiro atoms. The third-order valence-corrected chi connectivity index (χ3v) is 2.89. The molecule has 0 bridgehead atoms. The lowest BCUT2D eigenvalue weighted by Gasteiger charge is -2.25. The zero-order valence-corrected chi connectivity index (χ0v) is 9.18. The predicted octanol–water partition coefficient (Wildman–Crippen LogP) is 2.19. The highest BCUT2D eigenvalue weighted by Gasteiger charge is 2.28. The zero-order valence-electron chi connectivity index (χ0n) is 9.18. The van der Waals surface area contributed by atoms with E-state index in [9.17, 15) is 0 Å². The summed E-state index contributed by atoms with van der Waals surface area (Å²) in [5.74, 6) is 0.979. The van der Waals surface area contributed by atoms with Crippen LogP contribution in [-0.2, 0) is 4.74 Å².